The minimum Gasteiger partial charge on any atom is -0.496 e. The van der Waals surface area contributed by atoms with Gasteiger partial charge in [-0.05, 0) is 52.4 Å². The molecule has 2 nitrogen and oxygen atoms in total. The van der Waals surface area contributed by atoms with Crippen molar-refractivity contribution in [2.75, 3.05) is 7.11 Å². The number of carbonyl (C=O) groups is 1. The molecule has 0 N–H and O–H groups in total. The minimum absolute atomic E-state index is 0.113. The summed E-state index contributed by atoms with van der Waals surface area (Å²) in [7, 11) is 1.63. The van der Waals surface area contributed by atoms with Crippen LogP contribution in [-0.2, 0) is 0 Å². The number of methoxy groups -OCH3 is 1. The first-order valence-electron chi connectivity index (χ1n) is 6.83. The van der Waals surface area contributed by atoms with Gasteiger partial charge in [0, 0.05) is 11.5 Å². The monoisotopic (exact) mass is 324 g/mol. The third kappa shape index (κ3) is 3.02. The molecule has 1 saturated carbocycles. The SMILES string of the molecule is COc1ccc(C(=O)C2CCCCC2(C)C)cc1Br. The molecule has 19 heavy (non-hydrogen) atoms. The van der Waals surface area contributed by atoms with Gasteiger partial charge in [0.2, 0.25) is 0 Å². The normalized spacial score (nSPS) is 22.0. The van der Waals surface area contributed by atoms with Crippen molar-refractivity contribution in [2.45, 2.75) is 39.5 Å². The average molecular weight is 325 g/mol. The third-order valence-electron chi connectivity index (χ3n) is 4.26. The molecule has 0 aliphatic heterocycles. The standard InChI is InChI=1S/C16H21BrO2/c1-16(2)9-5-4-6-12(16)15(18)11-7-8-14(19-3)13(17)10-11/h7-8,10,12H,4-6,9H2,1-3H3. The molecule has 0 amide bonds. The lowest BCUT2D eigenvalue weighted by Gasteiger charge is -2.37. The molecule has 1 fully saturated rings. The van der Waals surface area contributed by atoms with Crippen LogP contribution in [0, 0.1) is 11.3 Å². The number of ketones is 1. The number of hydrogen-bond donors (Lipinski definition) is 0. The fourth-order valence-electron chi connectivity index (χ4n) is 3.00. The first-order valence-corrected chi connectivity index (χ1v) is 7.63. The van der Waals surface area contributed by atoms with Crippen molar-refractivity contribution in [3.05, 3.63) is 28.2 Å². The summed E-state index contributed by atoms with van der Waals surface area (Å²) in [4.78, 5) is 12.7. The van der Waals surface area contributed by atoms with Gasteiger partial charge in [0.1, 0.15) is 5.75 Å². The second-order valence-electron chi connectivity index (χ2n) is 6.00. The quantitative estimate of drug-likeness (QED) is 0.742. The molecule has 3 heteroatoms. The van der Waals surface area contributed by atoms with Crippen LogP contribution in [0.2, 0.25) is 0 Å². The highest BCUT2D eigenvalue weighted by molar-refractivity contribution is 9.10. The van der Waals surface area contributed by atoms with Gasteiger partial charge < -0.3 is 4.74 Å². The van der Waals surface area contributed by atoms with E-state index in [1.54, 1.807) is 7.11 Å². The van der Waals surface area contributed by atoms with Crippen LogP contribution in [0.1, 0.15) is 49.9 Å². The highest BCUT2D eigenvalue weighted by Gasteiger charge is 2.37. The zero-order chi connectivity index (χ0) is 14.0. The van der Waals surface area contributed by atoms with Crippen LogP contribution < -0.4 is 4.74 Å². The summed E-state index contributed by atoms with van der Waals surface area (Å²) < 4.78 is 6.05. The number of rotatable bonds is 3. The van der Waals surface area contributed by atoms with E-state index < -0.39 is 0 Å². The Hall–Kier alpha value is -0.830. The first-order chi connectivity index (χ1) is 8.95. The van der Waals surface area contributed by atoms with Gasteiger partial charge in [0.15, 0.2) is 5.78 Å². The van der Waals surface area contributed by atoms with Crippen molar-refractivity contribution in [1.29, 1.82) is 0 Å². The largest absolute Gasteiger partial charge is 0.496 e. The van der Waals surface area contributed by atoms with Gasteiger partial charge >= 0.3 is 0 Å². The summed E-state index contributed by atoms with van der Waals surface area (Å²) in [6.07, 6.45) is 4.55. The molecule has 1 aliphatic carbocycles. The van der Waals surface area contributed by atoms with Crippen LogP contribution >= 0.6 is 15.9 Å². The molecule has 1 aromatic rings. The highest BCUT2D eigenvalue weighted by Crippen LogP contribution is 2.42. The van der Waals surface area contributed by atoms with E-state index in [0.29, 0.717) is 0 Å². The van der Waals surface area contributed by atoms with Crippen LogP contribution in [0.5, 0.6) is 5.75 Å². The maximum atomic E-state index is 12.7. The fourth-order valence-corrected chi connectivity index (χ4v) is 3.54. The number of hydrogen-bond acceptors (Lipinski definition) is 2. The Morgan fingerprint density at radius 2 is 2.11 bits per heavy atom. The van der Waals surface area contributed by atoms with Crippen molar-refractivity contribution >= 4 is 21.7 Å². The van der Waals surface area contributed by atoms with Gasteiger partial charge in [0.05, 0.1) is 11.6 Å². The Kier molecular flexibility index (Phi) is 4.34. The van der Waals surface area contributed by atoms with Crippen molar-refractivity contribution < 1.29 is 9.53 Å². The second-order valence-corrected chi connectivity index (χ2v) is 6.85. The van der Waals surface area contributed by atoms with Crippen LogP contribution in [0.3, 0.4) is 0 Å². The zero-order valence-corrected chi connectivity index (χ0v) is 13.4. The summed E-state index contributed by atoms with van der Waals surface area (Å²) in [5.41, 5.74) is 0.898. The van der Waals surface area contributed by atoms with Crippen molar-refractivity contribution in [3.8, 4) is 5.75 Å². The Morgan fingerprint density at radius 1 is 1.37 bits per heavy atom. The van der Waals surface area contributed by atoms with E-state index in [0.717, 1.165) is 35.0 Å². The van der Waals surface area contributed by atoms with Gasteiger partial charge in [-0.1, -0.05) is 26.7 Å². The Bertz CT molecular complexity index is 480. The number of benzene rings is 1. The maximum absolute atomic E-state index is 12.7. The first kappa shape index (κ1) is 14.6. The molecule has 0 spiro atoms. The van der Waals surface area contributed by atoms with E-state index in [-0.39, 0.29) is 17.1 Å². The van der Waals surface area contributed by atoms with Crippen molar-refractivity contribution in [2.24, 2.45) is 11.3 Å². The summed E-state index contributed by atoms with van der Waals surface area (Å²) in [6.45, 7) is 4.43. The van der Waals surface area contributed by atoms with Gasteiger partial charge in [-0.3, -0.25) is 4.79 Å². The molecular weight excluding hydrogens is 304 g/mol. The van der Waals surface area contributed by atoms with Crippen LogP contribution in [0.4, 0.5) is 0 Å². The Balaban J connectivity index is 2.26. The fraction of sp³-hybridized carbons (Fsp3) is 0.562. The predicted molar refractivity (Wildman–Crippen MR) is 80.8 cm³/mol. The van der Waals surface area contributed by atoms with Gasteiger partial charge in [0.25, 0.3) is 0 Å². The van der Waals surface area contributed by atoms with E-state index in [2.05, 4.69) is 29.8 Å². The second kappa shape index (κ2) is 5.66. The molecule has 0 heterocycles. The topological polar surface area (TPSA) is 26.3 Å². The van der Waals surface area contributed by atoms with E-state index in [1.165, 1.54) is 6.42 Å². The number of Topliss-reactive ketones (excluding diaryl/α,β-unsaturated/α-hetero) is 1. The van der Waals surface area contributed by atoms with Gasteiger partial charge in [-0.2, -0.15) is 0 Å². The molecular formula is C16H21BrO2. The Labute approximate surface area is 123 Å². The van der Waals surface area contributed by atoms with Crippen LogP contribution in [0.25, 0.3) is 0 Å². The number of halogens is 1. The molecule has 0 aromatic heterocycles. The average Bonchev–Trinajstić information content (AvgIpc) is 2.37. The number of ether oxygens (including phenoxy) is 1. The summed E-state index contributed by atoms with van der Waals surface area (Å²) in [5, 5.41) is 0. The highest BCUT2D eigenvalue weighted by atomic mass is 79.9. The Morgan fingerprint density at radius 3 is 2.68 bits per heavy atom. The van der Waals surface area contributed by atoms with Crippen molar-refractivity contribution in [3.63, 3.8) is 0 Å². The summed E-state index contributed by atoms with van der Waals surface area (Å²) >= 11 is 3.45. The summed E-state index contributed by atoms with van der Waals surface area (Å²) in [6, 6.07) is 5.61. The van der Waals surface area contributed by atoms with E-state index in [9.17, 15) is 4.79 Å². The van der Waals surface area contributed by atoms with Gasteiger partial charge in [-0.25, -0.2) is 0 Å². The minimum atomic E-state index is 0.113. The molecule has 104 valence electrons. The lowest BCUT2D eigenvalue weighted by molar-refractivity contribution is 0.0697. The lowest BCUT2D eigenvalue weighted by Crippen LogP contribution is -2.34. The smallest absolute Gasteiger partial charge is 0.166 e. The van der Waals surface area contributed by atoms with Crippen LogP contribution in [0.15, 0.2) is 22.7 Å². The van der Waals surface area contributed by atoms with E-state index >= 15 is 0 Å². The van der Waals surface area contributed by atoms with E-state index in [1.807, 2.05) is 18.2 Å². The van der Waals surface area contributed by atoms with E-state index in [4.69, 9.17) is 4.74 Å². The molecule has 0 saturated heterocycles. The molecule has 1 aromatic carbocycles. The molecule has 1 aliphatic rings. The predicted octanol–water partition coefficient (Wildman–Crippen LogP) is 4.86. The van der Waals surface area contributed by atoms with Crippen molar-refractivity contribution in [1.82, 2.24) is 0 Å². The molecule has 0 radical (unpaired) electrons. The lowest BCUT2D eigenvalue weighted by atomic mass is 9.66. The molecule has 2 rings (SSSR count). The summed E-state index contributed by atoms with van der Waals surface area (Å²) in [5.74, 6) is 1.18. The molecule has 1 unspecified atom stereocenters. The molecule has 0 bridgehead atoms. The van der Waals surface area contributed by atoms with Crippen LogP contribution in [-0.4, -0.2) is 12.9 Å². The maximum Gasteiger partial charge on any atom is 0.166 e. The molecule has 1 atom stereocenters. The third-order valence-corrected chi connectivity index (χ3v) is 4.88. The van der Waals surface area contributed by atoms with Gasteiger partial charge in [-0.15, -0.1) is 0 Å². The number of carbonyl (C=O) groups excluding carboxylic acids is 1. The zero-order valence-electron chi connectivity index (χ0n) is 11.8.